The summed E-state index contributed by atoms with van der Waals surface area (Å²) in [6, 6.07) is 0. The minimum atomic E-state index is -4.10. The molecular weight excluding hydrogens is 207 g/mol. The molecule has 0 aliphatic carbocycles. The maximum atomic E-state index is 10.9. The van der Waals surface area contributed by atoms with Crippen molar-refractivity contribution in [2.75, 3.05) is 13.7 Å². The number of ether oxygens (including phenoxy) is 1. The second kappa shape index (κ2) is 4.73. The van der Waals surface area contributed by atoms with E-state index in [2.05, 4.69) is 9.05 Å². The summed E-state index contributed by atoms with van der Waals surface area (Å²) >= 11 is 0. The van der Waals surface area contributed by atoms with E-state index in [0.717, 1.165) is 13.5 Å². The van der Waals surface area contributed by atoms with Crippen molar-refractivity contribution in [1.82, 2.24) is 0 Å². The van der Waals surface area contributed by atoms with Gasteiger partial charge >= 0.3 is 0 Å². The second-order valence-corrected chi connectivity index (χ2v) is 5.14. The lowest BCUT2D eigenvalue weighted by molar-refractivity contribution is -0.225. The fourth-order valence-electron chi connectivity index (χ4n) is 1.58. The summed E-state index contributed by atoms with van der Waals surface area (Å²) in [5.74, 6) is 0.321. The molecular formula is C8H16O5P-. The van der Waals surface area contributed by atoms with E-state index in [4.69, 9.17) is 4.74 Å². The number of phosphoric ester groups is 1. The molecule has 1 rings (SSSR count). The third-order valence-corrected chi connectivity index (χ3v) is 3.28. The lowest BCUT2D eigenvalue weighted by Gasteiger charge is -2.23. The van der Waals surface area contributed by atoms with Crippen LogP contribution in [0.15, 0.2) is 0 Å². The third-order valence-electron chi connectivity index (χ3n) is 2.37. The van der Waals surface area contributed by atoms with Crippen LogP contribution in [0.2, 0.25) is 0 Å². The largest absolute Gasteiger partial charge is 0.756 e. The van der Waals surface area contributed by atoms with Crippen molar-refractivity contribution in [1.29, 1.82) is 0 Å². The average Bonchev–Trinajstić information content (AvgIpc) is 2.42. The Bertz CT molecular complexity index is 232. The first-order valence-electron chi connectivity index (χ1n) is 4.61. The van der Waals surface area contributed by atoms with Crippen molar-refractivity contribution in [3.8, 4) is 0 Å². The molecule has 1 unspecified atom stereocenters. The molecule has 0 bridgehead atoms. The predicted octanol–water partition coefficient (Wildman–Crippen LogP) is 0.931. The van der Waals surface area contributed by atoms with Crippen molar-refractivity contribution in [2.24, 2.45) is 5.92 Å². The van der Waals surface area contributed by atoms with Crippen molar-refractivity contribution in [2.45, 2.75) is 32.5 Å². The highest BCUT2D eigenvalue weighted by Gasteiger charge is 2.30. The van der Waals surface area contributed by atoms with Crippen molar-refractivity contribution in [3.63, 3.8) is 0 Å². The fourth-order valence-corrected chi connectivity index (χ4v) is 2.02. The average molecular weight is 223 g/mol. The first-order valence-corrected chi connectivity index (χ1v) is 6.07. The number of rotatable bonds is 4. The summed E-state index contributed by atoms with van der Waals surface area (Å²) in [4.78, 5) is 10.9. The quantitative estimate of drug-likeness (QED) is 0.663. The molecule has 1 fully saturated rings. The Morgan fingerprint density at radius 3 is 2.64 bits per heavy atom. The van der Waals surface area contributed by atoms with E-state index in [9.17, 15) is 9.46 Å². The maximum absolute atomic E-state index is 10.9. The van der Waals surface area contributed by atoms with Crippen molar-refractivity contribution >= 4 is 7.82 Å². The second-order valence-electron chi connectivity index (χ2n) is 3.62. The highest BCUT2D eigenvalue weighted by Crippen LogP contribution is 2.38. The molecule has 0 spiro atoms. The smallest absolute Gasteiger partial charge is 0.267 e. The zero-order chi connectivity index (χ0) is 10.8. The zero-order valence-corrected chi connectivity index (χ0v) is 9.53. The summed E-state index contributed by atoms with van der Waals surface area (Å²) in [6.07, 6.45) is 0.957. The molecule has 84 valence electrons. The van der Waals surface area contributed by atoms with E-state index < -0.39 is 7.82 Å². The van der Waals surface area contributed by atoms with Crippen molar-refractivity contribution in [3.05, 3.63) is 0 Å². The first kappa shape index (κ1) is 12.1. The Hall–Kier alpha value is 0.0700. The van der Waals surface area contributed by atoms with Crippen LogP contribution in [0.25, 0.3) is 0 Å². The zero-order valence-electron chi connectivity index (χ0n) is 8.63. The van der Waals surface area contributed by atoms with Crippen LogP contribution in [0.3, 0.4) is 0 Å². The van der Waals surface area contributed by atoms with Gasteiger partial charge < -0.3 is 18.7 Å². The van der Waals surface area contributed by atoms with E-state index in [-0.39, 0.29) is 18.8 Å². The SMILES string of the molecule is COP(=O)([O-])OC[C@H]1O[C@@H](C)C[C@H]1C. The van der Waals surface area contributed by atoms with E-state index in [0.29, 0.717) is 5.92 Å². The number of hydrogen-bond donors (Lipinski definition) is 0. The van der Waals surface area contributed by atoms with Gasteiger partial charge in [-0.1, -0.05) is 6.92 Å². The number of phosphoric acid groups is 1. The lowest BCUT2D eigenvalue weighted by Crippen LogP contribution is -2.22. The molecule has 0 aromatic rings. The van der Waals surface area contributed by atoms with Crippen LogP contribution in [0.1, 0.15) is 20.3 Å². The fraction of sp³-hybridized carbons (Fsp3) is 1.00. The van der Waals surface area contributed by atoms with Gasteiger partial charge in [0.2, 0.25) is 0 Å². The van der Waals surface area contributed by atoms with Crippen LogP contribution in [0.4, 0.5) is 0 Å². The van der Waals surface area contributed by atoms with Crippen LogP contribution < -0.4 is 4.89 Å². The van der Waals surface area contributed by atoms with Crippen LogP contribution >= 0.6 is 7.82 Å². The summed E-state index contributed by atoms with van der Waals surface area (Å²) in [5, 5.41) is 0. The van der Waals surface area contributed by atoms with Crippen LogP contribution in [-0.4, -0.2) is 25.9 Å². The first-order chi connectivity index (χ1) is 6.44. The minimum Gasteiger partial charge on any atom is -0.756 e. The Labute approximate surface area is 84.0 Å². The van der Waals surface area contributed by atoms with Gasteiger partial charge in [0.15, 0.2) is 0 Å². The summed E-state index contributed by atoms with van der Waals surface area (Å²) in [7, 11) is -3.02. The van der Waals surface area contributed by atoms with Gasteiger partial charge in [-0.3, -0.25) is 4.57 Å². The van der Waals surface area contributed by atoms with E-state index >= 15 is 0 Å². The van der Waals surface area contributed by atoms with Crippen LogP contribution in [0, 0.1) is 5.92 Å². The standard InChI is InChI=1S/C8H17O5P/c1-6-4-7(2)13-8(6)5-12-14(9,10)11-3/h6-8H,4-5H2,1-3H3,(H,9,10)/p-1/t6-,7+,8-/m1/s1. The summed E-state index contributed by atoms with van der Waals surface area (Å²) < 4.78 is 25.2. The Morgan fingerprint density at radius 2 is 2.21 bits per heavy atom. The molecule has 0 radical (unpaired) electrons. The predicted molar refractivity (Wildman–Crippen MR) is 48.7 cm³/mol. The Morgan fingerprint density at radius 1 is 1.57 bits per heavy atom. The van der Waals surface area contributed by atoms with Gasteiger partial charge in [-0.15, -0.1) is 0 Å². The number of hydrogen-bond acceptors (Lipinski definition) is 5. The van der Waals surface area contributed by atoms with Crippen LogP contribution in [-0.2, 0) is 18.3 Å². The van der Waals surface area contributed by atoms with Gasteiger partial charge in [-0.05, 0) is 19.3 Å². The van der Waals surface area contributed by atoms with Gasteiger partial charge in [0.1, 0.15) is 0 Å². The maximum Gasteiger partial charge on any atom is 0.267 e. The molecule has 1 heterocycles. The molecule has 0 N–H and O–H groups in total. The molecule has 0 aromatic heterocycles. The Kier molecular flexibility index (Phi) is 4.10. The molecule has 0 aromatic carbocycles. The molecule has 1 saturated heterocycles. The highest BCUT2D eigenvalue weighted by atomic mass is 31.2. The Balaban J connectivity index is 2.35. The van der Waals surface area contributed by atoms with Gasteiger partial charge in [0, 0.05) is 7.11 Å². The highest BCUT2D eigenvalue weighted by molar-refractivity contribution is 7.45. The molecule has 0 amide bonds. The minimum absolute atomic E-state index is 0.0418. The van der Waals surface area contributed by atoms with Gasteiger partial charge in [-0.2, -0.15) is 0 Å². The molecule has 1 aliphatic rings. The molecule has 14 heavy (non-hydrogen) atoms. The van der Waals surface area contributed by atoms with E-state index in [1.807, 2.05) is 13.8 Å². The van der Waals surface area contributed by atoms with E-state index in [1.54, 1.807) is 0 Å². The third kappa shape index (κ3) is 3.33. The van der Waals surface area contributed by atoms with Gasteiger partial charge in [0.05, 0.1) is 18.8 Å². The molecule has 4 atom stereocenters. The van der Waals surface area contributed by atoms with Gasteiger partial charge in [-0.25, -0.2) is 0 Å². The molecule has 1 aliphatic heterocycles. The monoisotopic (exact) mass is 223 g/mol. The normalized spacial score (nSPS) is 37.0. The van der Waals surface area contributed by atoms with Crippen molar-refractivity contribution < 1.29 is 23.2 Å². The molecule has 6 heteroatoms. The molecule has 5 nitrogen and oxygen atoms in total. The molecule has 0 saturated carbocycles. The summed E-state index contributed by atoms with van der Waals surface area (Å²) in [6.45, 7) is 4.02. The topological polar surface area (TPSA) is 67.8 Å². The lowest BCUT2D eigenvalue weighted by atomic mass is 10.0. The van der Waals surface area contributed by atoms with Crippen LogP contribution in [0.5, 0.6) is 0 Å². The van der Waals surface area contributed by atoms with E-state index in [1.165, 1.54) is 0 Å². The summed E-state index contributed by atoms with van der Waals surface area (Å²) in [5.41, 5.74) is 0. The van der Waals surface area contributed by atoms with Gasteiger partial charge in [0.25, 0.3) is 7.82 Å².